The molecule has 1 aliphatic rings. The van der Waals surface area contributed by atoms with Gasteiger partial charge in [0, 0.05) is 10.7 Å². The molecule has 1 unspecified atom stereocenters. The average Bonchev–Trinajstić information content (AvgIpc) is 3.43. The molecule has 5 aromatic rings. The second-order valence-corrected chi connectivity index (χ2v) is 13.8. The number of thioether (sulfide) groups is 1. The molecule has 1 amide bonds. The van der Waals surface area contributed by atoms with Crippen LogP contribution in [-0.4, -0.2) is 36.6 Å². The average molecular weight is 628 g/mol. The zero-order valence-electron chi connectivity index (χ0n) is 26.2. The lowest BCUT2D eigenvalue weighted by molar-refractivity contribution is -0.143. The maximum absolute atomic E-state index is 13.5. The van der Waals surface area contributed by atoms with Crippen LogP contribution >= 0.6 is 11.8 Å². The van der Waals surface area contributed by atoms with Crippen LogP contribution in [0.2, 0.25) is 0 Å². The van der Waals surface area contributed by atoms with Gasteiger partial charge < -0.3 is 14.8 Å². The van der Waals surface area contributed by atoms with E-state index in [9.17, 15) is 9.59 Å². The summed E-state index contributed by atoms with van der Waals surface area (Å²) in [5.74, 6) is -0.645. The predicted octanol–water partition coefficient (Wildman–Crippen LogP) is 8.57. The van der Waals surface area contributed by atoms with E-state index >= 15 is 0 Å². The molecule has 0 saturated heterocycles. The Kier molecular flexibility index (Phi) is 9.00. The molecule has 6 rings (SSSR count). The second-order valence-electron chi connectivity index (χ2n) is 11.9. The molecule has 0 bridgehead atoms. The molecular weight excluding hydrogens is 591 g/mol. The number of ether oxygens (including phenoxy) is 2. The van der Waals surface area contributed by atoms with Crippen molar-refractivity contribution in [2.75, 3.05) is 13.7 Å². The van der Waals surface area contributed by atoms with Gasteiger partial charge in [0.05, 0.1) is 11.9 Å². The smallest absolute Gasteiger partial charge is 0.407 e. The van der Waals surface area contributed by atoms with E-state index in [1.807, 2.05) is 92.7 Å². The number of methoxy groups -OCH3 is 1. The van der Waals surface area contributed by atoms with E-state index in [0.717, 1.165) is 38.9 Å². The normalized spacial score (nSPS) is 13.3. The molecule has 1 N–H and O–H groups in total. The Morgan fingerprint density at radius 2 is 1.09 bits per heavy atom. The van der Waals surface area contributed by atoms with Crippen molar-refractivity contribution in [2.45, 2.75) is 35.3 Å². The maximum atomic E-state index is 13.5. The Morgan fingerprint density at radius 3 is 1.52 bits per heavy atom. The highest BCUT2D eigenvalue weighted by Gasteiger charge is 2.48. The molecule has 46 heavy (non-hydrogen) atoms. The highest BCUT2D eigenvalue weighted by Crippen LogP contribution is 2.54. The van der Waals surface area contributed by atoms with Gasteiger partial charge in [-0.2, -0.15) is 0 Å². The van der Waals surface area contributed by atoms with Crippen molar-refractivity contribution >= 4 is 23.8 Å². The fourth-order valence-electron chi connectivity index (χ4n) is 6.54. The van der Waals surface area contributed by atoms with Gasteiger partial charge in [-0.3, -0.25) is 0 Å². The van der Waals surface area contributed by atoms with Crippen LogP contribution < -0.4 is 5.32 Å². The van der Waals surface area contributed by atoms with Crippen LogP contribution in [0.1, 0.15) is 47.6 Å². The fourth-order valence-corrected chi connectivity index (χ4v) is 8.37. The number of esters is 1. The van der Waals surface area contributed by atoms with Gasteiger partial charge >= 0.3 is 12.1 Å². The number of hydrogen-bond donors (Lipinski definition) is 1. The number of amides is 1. The molecule has 232 valence electrons. The SMILES string of the molecule is COC(=O)C(NC(=O)OCC1c2ccccc2-c2ccccc21)C(C)(C)SC(c1ccccc1)(c1ccccc1)c1ccccc1. The van der Waals surface area contributed by atoms with E-state index in [1.54, 1.807) is 11.8 Å². The molecule has 0 aromatic heterocycles. The molecule has 0 radical (unpaired) electrons. The summed E-state index contributed by atoms with van der Waals surface area (Å²) in [4.78, 5) is 27.0. The summed E-state index contributed by atoms with van der Waals surface area (Å²) in [6.07, 6.45) is -0.671. The standard InChI is InChI=1S/C40H37NO4S/c1-39(2,46-40(28-17-7-4-8-18-28,29-19-9-5-10-20-29)30-21-11-6-12-22-30)36(37(42)44-3)41-38(43)45-27-35-33-25-15-13-23-31(33)32-24-14-16-26-34(32)35/h4-26,35-36H,27H2,1-3H3,(H,41,43). The zero-order chi connectivity index (χ0) is 32.1. The fraction of sp³-hybridized carbons (Fsp3) is 0.200. The first kappa shape index (κ1) is 31.2. The Morgan fingerprint density at radius 1 is 0.674 bits per heavy atom. The second kappa shape index (κ2) is 13.3. The van der Waals surface area contributed by atoms with Crippen LogP contribution in [0.5, 0.6) is 0 Å². The van der Waals surface area contributed by atoms with Crippen LogP contribution in [0.3, 0.4) is 0 Å². The van der Waals surface area contributed by atoms with E-state index in [0.29, 0.717) is 0 Å². The molecule has 6 heteroatoms. The largest absolute Gasteiger partial charge is 0.467 e. The summed E-state index contributed by atoms with van der Waals surface area (Å²) in [5.41, 5.74) is 7.69. The first-order chi connectivity index (χ1) is 22.3. The molecule has 5 nitrogen and oxygen atoms in total. The first-order valence-corrected chi connectivity index (χ1v) is 16.2. The van der Waals surface area contributed by atoms with Crippen molar-refractivity contribution < 1.29 is 19.1 Å². The lowest BCUT2D eigenvalue weighted by Crippen LogP contribution is -2.54. The van der Waals surface area contributed by atoms with E-state index in [1.165, 1.54) is 7.11 Å². The number of alkyl carbamates (subject to hydrolysis) is 1. The number of nitrogens with one attached hydrogen (secondary N) is 1. The minimum absolute atomic E-state index is 0.0981. The van der Waals surface area contributed by atoms with Crippen molar-refractivity contribution in [2.24, 2.45) is 0 Å². The van der Waals surface area contributed by atoms with Crippen molar-refractivity contribution in [3.05, 3.63) is 167 Å². The summed E-state index contributed by atoms with van der Waals surface area (Å²) < 4.78 is 9.56. The number of benzene rings is 5. The van der Waals surface area contributed by atoms with E-state index < -0.39 is 27.6 Å². The highest BCUT2D eigenvalue weighted by atomic mass is 32.2. The maximum Gasteiger partial charge on any atom is 0.407 e. The number of carbonyl (C=O) groups is 2. The number of hydrogen-bond acceptors (Lipinski definition) is 5. The highest BCUT2D eigenvalue weighted by molar-refractivity contribution is 8.02. The van der Waals surface area contributed by atoms with Gasteiger partial charge in [-0.05, 0) is 52.8 Å². The topological polar surface area (TPSA) is 64.6 Å². The van der Waals surface area contributed by atoms with Gasteiger partial charge in [0.25, 0.3) is 0 Å². The van der Waals surface area contributed by atoms with Crippen LogP contribution in [0, 0.1) is 0 Å². The molecule has 1 atom stereocenters. The Bertz CT molecular complexity index is 1670. The number of fused-ring (bicyclic) bond motifs is 3. The Balaban J connectivity index is 1.31. The van der Waals surface area contributed by atoms with Gasteiger partial charge in [0.2, 0.25) is 0 Å². The van der Waals surface area contributed by atoms with Crippen LogP contribution in [0.4, 0.5) is 4.79 Å². The first-order valence-electron chi connectivity index (χ1n) is 15.4. The summed E-state index contributed by atoms with van der Waals surface area (Å²) in [7, 11) is 1.34. The molecule has 0 fully saturated rings. The van der Waals surface area contributed by atoms with Crippen molar-refractivity contribution in [3.63, 3.8) is 0 Å². The third-order valence-corrected chi connectivity index (χ3v) is 10.5. The summed E-state index contributed by atoms with van der Waals surface area (Å²) in [6.45, 7) is 4.07. The minimum Gasteiger partial charge on any atom is -0.467 e. The van der Waals surface area contributed by atoms with Crippen LogP contribution in [-0.2, 0) is 19.0 Å². The van der Waals surface area contributed by atoms with Gasteiger partial charge in [0.1, 0.15) is 12.6 Å². The van der Waals surface area contributed by atoms with Gasteiger partial charge in [0.15, 0.2) is 0 Å². The van der Waals surface area contributed by atoms with Gasteiger partial charge in [-0.1, -0.05) is 140 Å². The Hall–Kier alpha value is -4.81. The van der Waals surface area contributed by atoms with Gasteiger partial charge in [-0.15, -0.1) is 11.8 Å². The molecule has 0 heterocycles. The van der Waals surface area contributed by atoms with Gasteiger partial charge in [-0.25, -0.2) is 9.59 Å². The number of carbonyl (C=O) groups excluding carboxylic acids is 2. The molecule has 0 aliphatic heterocycles. The van der Waals surface area contributed by atoms with Crippen molar-refractivity contribution in [1.29, 1.82) is 0 Å². The lowest BCUT2D eigenvalue weighted by atomic mass is 9.84. The van der Waals surface area contributed by atoms with Crippen molar-refractivity contribution in [1.82, 2.24) is 5.32 Å². The third kappa shape index (κ3) is 5.93. The lowest BCUT2D eigenvalue weighted by Gasteiger charge is -2.43. The summed E-state index contributed by atoms with van der Waals surface area (Å²) in [6, 6.07) is 46.1. The molecule has 5 aromatic carbocycles. The number of rotatable bonds is 10. The third-order valence-electron chi connectivity index (χ3n) is 8.70. The quantitative estimate of drug-likeness (QED) is 0.124. The minimum atomic E-state index is -1.02. The van der Waals surface area contributed by atoms with Crippen molar-refractivity contribution in [3.8, 4) is 11.1 Å². The van der Waals surface area contributed by atoms with E-state index in [2.05, 4.69) is 66.0 Å². The molecule has 1 aliphatic carbocycles. The molecular formula is C40H37NO4S. The molecule has 0 saturated carbocycles. The Labute approximate surface area is 275 Å². The zero-order valence-corrected chi connectivity index (χ0v) is 27.0. The molecule has 0 spiro atoms. The van der Waals surface area contributed by atoms with E-state index in [-0.39, 0.29) is 12.5 Å². The van der Waals surface area contributed by atoms with Crippen LogP contribution in [0.25, 0.3) is 11.1 Å². The summed E-state index contributed by atoms with van der Waals surface area (Å²) >= 11 is 1.60. The van der Waals surface area contributed by atoms with Crippen LogP contribution in [0.15, 0.2) is 140 Å². The predicted molar refractivity (Wildman–Crippen MR) is 185 cm³/mol. The monoisotopic (exact) mass is 627 g/mol. The summed E-state index contributed by atoms with van der Waals surface area (Å²) in [5, 5.41) is 2.90. The van der Waals surface area contributed by atoms with E-state index in [4.69, 9.17) is 9.47 Å².